The molecule has 1 fully saturated rings. The Kier molecular flexibility index (Phi) is 4.00. The average molecular weight is 303 g/mol. The smallest absolute Gasteiger partial charge is 0.257 e. The maximum atomic E-state index is 13.2. The number of H-pyrrole nitrogens is 1. The van der Waals surface area contributed by atoms with E-state index in [0.717, 1.165) is 24.5 Å². The van der Waals surface area contributed by atoms with E-state index in [4.69, 9.17) is 0 Å². The highest BCUT2D eigenvalue weighted by Crippen LogP contribution is 2.21. The number of nitrogens with one attached hydrogen (secondary N) is 1. The Bertz CT molecular complexity index is 700. The number of likely N-dealkylation sites (tertiary alicyclic amines) is 1. The molecule has 1 aliphatic rings. The summed E-state index contributed by atoms with van der Waals surface area (Å²) in [7, 11) is 0. The summed E-state index contributed by atoms with van der Waals surface area (Å²) in [4.78, 5) is 13.9. The topological polar surface area (TPSA) is 49.0 Å². The number of aromatic amines is 1. The summed E-state index contributed by atoms with van der Waals surface area (Å²) < 4.78 is 26.1. The molecule has 0 spiro atoms. The van der Waals surface area contributed by atoms with Crippen LogP contribution in [0.5, 0.6) is 0 Å². The van der Waals surface area contributed by atoms with Crippen molar-refractivity contribution in [1.29, 1.82) is 0 Å². The molecule has 3 rings (SSSR count). The number of nitrogens with zero attached hydrogens (tertiary/aromatic N) is 2. The summed E-state index contributed by atoms with van der Waals surface area (Å²) in [6.45, 7) is 1.22. The van der Waals surface area contributed by atoms with Gasteiger partial charge in [0.2, 0.25) is 0 Å². The third-order valence-corrected chi connectivity index (χ3v) is 3.75. The van der Waals surface area contributed by atoms with Gasteiger partial charge in [-0.15, -0.1) is 0 Å². The Morgan fingerprint density at radius 2 is 2.00 bits per heavy atom. The van der Waals surface area contributed by atoms with Crippen LogP contribution in [0.2, 0.25) is 0 Å². The van der Waals surface area contributed by atoms with Crippen molar-refractivity contribution < 1.29 is 13.6 Å². The van der Waals surface area contributed by atoms with Crippen LogP contribution in [0, 0.1) is 11.6 Å². The Morgan fingerprint density at radius 1 is 1.23 bits per heavy atom. The molecule has 114 valence electrons. The van der Waals surface area contributed by atoms with Crippen molar-refractivity contribution in [1.82, 2.24) is 15.1 Å². The molecule has 0 aliphatic carbocycles. The maximum absolute atomic E-state index is 13.2. The fourth-order valence-corrected chi connectivity index (χ4v) is 2.53. The fraction of sp³-hybridized carbons (Fsp3) is 0.250. The monoisotopic (exact) mass is 303 g/mol. The first-order chi connectivity index (χ1) is 10.6. The van der Waals surface area contributed by atoms with Crippen LogP contribution in [0.15, 0.2) is 36.2 Å². The second-order valence-electron chi connectivity index (χ2n) is 5.26. The first-order valence-electron chi connectivity index (χ1n) is 7.06. The van der Waals surface area contributed by atoms with Crippen molar-refractivity contribution in [2.24, 2.45) is 0 Å². The number of halogens is 2. The van der Waals surface area contributed by atoms with Gasteiger partial charge in [-0.05, 0) is 30.5 Å². The molecule has 0 atom stereocenters. The number of hydrogen-bond donors (Lipinski definition) is 1. The van der Waals surface area contributed by atoms with E-state index in [9.17, 15) is 13.6 Å². The minimum atomic E-state index is -0.845. The fourth-order valence-electron chi connectivity index (χ4n) is 2.53. The lowest BCUT2D eigenvalue weighted by molar-refractivity contribution is 0.0744. The molecule has 1 aromatic heterocycles. The van der Waals surface area contributed by atoms with Gasteiger partial charge in [-0.2, -0.15) is 5.10 Å². The molecule has 0 unspecified atom stereocenters. The standard InChI is InChI=1S/C16H15F2N3O/c17-14-2-1-12(8-15(14)18)7-11-3-5-21(6-4-11)16(22)13-9-19-20-10-13/h1-2,7-10H,3-6H2,(H,19,20). The Balaban J connectivity index is 1.65. The lowest BCUT2D eigenvalue weighted by Gasteiger charge is -2.28. The molecule has 0 radical (unpaired) electrons. The zero-order valence-electron chi connectivity index (χ0n) is 11.9. The van der Waals surface area contributed by atoms with E-state index in [1.165, 1.54) is 12.3 Å². The number of hydrogen-bond acceptors (Lipinski definition) is 2. The lowest BCUT2D eigenvalue weighted by atomic mass is 10.0. The molecule has 1 amide bonds. The predicted molar refractivity (Wildman–Crippen MR) is 78.1 cm³/mol. The molecule has 2 heterocycles. The van der Waals surface area contributed by atoms with Crippen LogP contribution in [0.1, 0.15) is 28.8 Å². The van der Waals surface area contributed by atoms with Crippen LogP contribution in [0.4, 0.5) is 8.78 Å². The summed E-state index contributed by atoms with van der Waals surface area (Å²) in [6, 6.07) is 3.86. The van der Waals surface area contributed by atoms with E-state index in [0.29, 0.717) is 24.2 Å². The highest BCUT2D eigenvalue weighted by Gasteiger charge is 2.20. The zero-order valence-corrected chi connectivity index (χ0v) is 11.9. The number of carbonyl (C=O) groups excluding carboxylic acids is 1. The Morgan fingerprint density at radius 3 is 2.64 bits per heavy atom. The average Bonchev–Trinajstić information content (AvgIpc) is 3.05. The molecule has 1 saturated heterocycles. The number of carbonyl (C=O) groups is 1. The van der Waals surface area contributed by atoms with Gasteiger partial charge in [-0.3, -0.25) is 9.89 Å². The minimum absolute atomic E-state index is 0.0411. The van der Waals surface area contributed by atoms with Gasteiger partial charge in [-0.1, -0.05) is 17.7 Å². The number of benzene rings is 1. The predicted octanol–water partition coefficient (Wildman–Crippen LogP) is 3.01. The summed E-state index contributed by atoms with van der Waals surface area (Å²) in [6.07, 6.45) is 6.40. The normalized spacial score (nSPS) is 15.0. The quantitative estimate of drug-likeness (QED) is 0.927. The SMILES string of the molecule is O=C(c1cn[nH]c1)N1CCC(=Cc2ccc(F)c(F)c2)CC1. The van der Waals surface area contributed by atoms with Crippen LogP contribution in [-0.4, -0.2) is 34.1 Å². The van der Waals surface area contributed by atoms with E-state index in [1.807, 2.05) is 6.08 Å². The second-order valence-corrected chi connectivity index (χ2v) is 5.26. The molecule has 22 heavy (non-hydrogen) atoms. The van der Waals surface area contributed by atoms with Crippen molar-refractivity contribution >= 4 is 12.0 Å². The second kappa shape index (κ2) is 6.09. The van der Waals surface area contributed by atoms with Gasteiger partial charge in [0.1, 0.15) is 0 Å². The highest BCUT2D eigenvalue weighted by atomic mass is 19.2. The van der Waals surface area contributed by atoms with Gasteiger partial charge in [0.05, 0.1) is 11.8 Å². The van der Waals surface area contributed by atoms with Gasteiger partial charge in [-0.25, -0.2) is 8.78 Å². The van der Waals surface area contributed by atoms with E-state index in [2.05, 4.69) is 10.2 Å². The zero-order chi connectivity index (χ0) is 15.5. The number of aromatic nitrogens is 2. The number of amides is 1. The summed E-state index contributed by atoms with van der Waals surface area (Å²) in [5.74, 6) is -1.73. The van der Waals surface area contributed by atoms with E-state index >= 15 is 0 Å². The van der Waals surface area contributed by atoms with Crippen LogP contribution in [0.25, 0.3) is 6.08 Å². The van der Waals surface area contributed by atoms with E-state index in [1.54, 1.807) is 17.2 Å². The third kappa shape index (κ3) is 3.05. The molecule has 1 N–H and O–H groups in total. The molecule has 1 aliphatic heterocycles. The molecular formula is C16H15F2N3O. The third-order valence-electron chi connectivity index (χ3n) is 3.75. The van der Waals surface area contributed by atoms with Gasteiger partial charge in [0, 0.05) is 19.3 Å². The summed E-state index contributed by atoms with van der Waals surface area (Å²) in [5.41, 5.74) is 2.32. The highest BCUT2D eigenvalue weighted by molar-refractivity contribution is 5.93. The minimum Gasteiger partial charge on any atom is -0.338 e. The maximum Gasteiger partial charge on any atom is 0.257 e. The van der Waals surface area contributed by atoms with Crippen molar-refractivity contribution in [3.05, 3.63) is 58.9 Å². The van der Waals surface area contributed by atoms with E-state index < -0.39 is 11.6 Å². The largest absolute Gasteiger partial charge is 0.338 e. The molecule has 2 aromatic rings. The van der Waals surface area contributed by atoms with Gasteiger partial charge >= 0.3 is 0 Å². The first kappa shape index (κ1) is 14.4. The molecule has 0 saturated carbocycles. The van der Waals surface area contributed by atoms with Crippen molar-refractivity contribution in [2.75, 3.05) is 13.1 Å². The molecule has 4 nitrogen and oxygen atoms in total. The summed E-state index contributed by atoms with van der Waals surface area (Å²) in [5, 5.41) is 6.40. The summed E-state index contributed by atoms with van der Waals surface area (Å²) >= 11 is 0. The molecule has 1 aromatic carbocycles. The molecular weight excluding hydrogens is 288 g/mol. The Labute approximate surface area is 126 Å². The van der Waals surface area contributed by atoms with Crippen LogP contribution >= 0.6 is 0 Å². The molecule has 6 heteroatoms. The van der Waals surface area contributed by atoms with E-state index in [-0.39, 0.29) is 5.91 Å². The van der Waals surface area contributed by atoms with Gasteiger partial charge in [0.15, 0.2) is 11.6 Å². The number of piperidine rings is 1. The van der Waals surface area contributed by atoms with Crippen LogP contribution < -0.4 is 0 Å². The van der Waals surface area contributed by atoms with Crippen LogP contribution in [0.3, 0.4) is 0 Å². The lowest BCUT2D eigenvalue weighted by Crippen LogP contribution is -2.36. The molecule has 0 bridgehead atoms. The van der Waals surface area contributed by atoms with Gasteiger partial charge < -0.3 is 4.90 Å². The van der Waals surface area contributed by atoms with Crippen LogP contribution in [-0.2, 0) is 0 Å². The van der Waals surface area contributed by atoms with Gasteiger partial charge in [0.25, 0.3) is 5.91 Å². The van der Waals surface area contributed by atoms with Crippen molar-refractivity contribution in [3.8, 4) is 0 Å². The Hall–Kier alpha value is -2.50. The van der Waals surface area contributed by atoms with Crippen molar-refractivity contribution in [2.45, 2.75) is 12.8 Å². The number of rotatable bonds is 2. The first-order valence-corrected chi connectivity index (χ1v) is 7.06. The van der Waals surface area contributed by atoms with Crippen molar-refractivity contribution in [3.63, 3.8) is 0 Å².